The van der Waals surface area contributed by atoms with Gasteiger partial charge < -0.3 is 10.2 Å². The highest BCUT2D eigenvalue weighted by Gasteiger charge is 2.37. The van der Waals surface area contributed by atoms with Gasteiger partial charge in [0.1, 0.15) is 11.1 Å². The van der Waals surface area contributed by atoms with Crippen molar-refractivity contribution in [3.05, 3.63) is 41.7 Å². The fourth-order valence-electron chi connectivity index (χ4n) is 2.17. The van der Waals surface area contributed by atoms with Crippen LogP contribution in [0.15, 0.2) is 35.5 Å². The van der Waals surface area contributed by atoms with Crippen LogP contribution >= 0.6 is 11.8 Å². The minimum Gasteiger partial charge on any atom is -0.468 e. The van der Waals surface area contributed by atoms with Crippen LogP contribution in [-0.4, -0.2) is 33.2 Å². The maximum Gasteiger partial charge on any atom is 0.321 e. The van der Waals surface area contributed by atoms with E-state index < -0.39 is 5.25 Å². The molecule has 0 spiro atoms. The summed E-state index contributed by atoms with van der Waals surface area (Å²) in [5, 5.41) is 8.36. The van der Waals surface area contributed by atoms with Crippen molar-refractivity contribution in [2.24, 2.45) is 0 Å². The Morgan fingerprint density at radius 2 is 2.10 bits per heavy atom. The first-order chi connectivity index (χ1) is 9.70. The highest BCUT2D eigenvalue weighted by atomic mass is 32.2. The summed E-state index contributed by atoms with van der Waals surface area (Å²) in [5.74, 6) is 0.486. The number of hydrogen-bond acceptors (Lipinski definition) is 6. The average molecular weight is 290 g/mol. The second-order valence-corrected chi connectivity index (χ2v) is 5.55. The summed E-state index contributed by atoms with van der Waals surface area (Å²) in [6.45, 7) is 1.87. The molecule has 0 saturated carbocycles. The third-order valence-electron chi connectivity index (χ3n) is 3.19. The largest absolute Gasteiger partial charge is 0.468 e. The molecule has 2 heterocycles. The van der Waals surface area contributed by atoms with Crippen molar-refractivity contribution < 1.29 is 9.53 Å². The topological polar surface area (TPSA) is 69.0 Å². The molecular formula is C13H14N4O2S. The lowest BCUT2D eigenvalue weighted by atomic mass is 10.0. The second-order valence-electron chi connectivity index (χ2n) is 4.44. The van der Waals surface area contributed by atoms with Gasteiger partial charge in [-0.15, -0.1) is 10.2 Å². The van der Waals surface area contributed by atoms with Gasteiger partial charge in [0, 0.05) is 0 Å². The monoisotopic (exact) mass is 290 g/mol. The average Bonchev–Trinajstić information content (AvgIpc) is 2.87. The van der Waals surface area contributed by atoms with Crippen LogP contribution in [-0.2, 0) is 9.53 Å². The minimum absolute atomic E-state index is 0.184. The third kappa shape index (κ3) is 2.14. The van der Waals surface area contributed by atoms with E-state index in [1.165, 1.54) is 18.9 Å². The van der Waals surface area contributed by atoms with E-state index in [1.54, 1.807) is 0 Å². The van der Waals surface area contributed by atoms with Gasteiger partial charge in [0.2, 0.25) is 5.16 Å². The quantitative estimate of drug-likeness (QED) is 0.846. The predicted molar refractivity (Wildman–Crippen MR) is 75.0 cm³/mol. The predicted octanol–water partition coefficient (Wildman–Crippen LogP) is 1.52. The number of carbonyl (C=O) groups excluding carboxylic acids is 1. The van der Waals surface area contributed by atoms with Crippen molar-refractivity contribution in [2.75, 3.05) is 12.5 Å². The van der Waals surface area contributed by atoms with E-state index in [-0.39, 0.29) is 12.0 Å². The highest BCUT2D eigenvalue weighted by molar-refractivity contribution is 8.00. The number of carbonyl (C=O) groups is 1. The van der Waals surface area contributed by atoms with Gasteiger partial charge in [-0.25, -0.2) is 4.68 Å². The van der Waals surface area contributed by atoms with E-state index >= 15 is 0 Å². The molecule has 0 aliphatic carbocycles. The molecule has 1 aliphatic rings. The van der Waals surface area contributed by atoms with Gasteiger partial charge in [0.05, 0.1) is 13.2 Å². The number of thioether (sulfide) groups is 1. The fraction of sp³-hybridized carbons (Fsp3) is 0.308. The SMILES string of the molecule is COC(=O)C1Sc2nnc(C)n2NC1c1ccccc1. The molecule has 0 saturated heterocycles. The molecular weight excluding hydrogens is 276 g/mol. The number of ether oxygens (including phenoxy) is 1. The maximum absolute atomic E-state index is 12.0. The fourth-order valence-corrected chi connectivity index (χ4v) is 3.32. The summed E-state index contributed by atoms with van der Waals surface area (Å²) < 4.78 is 6.71. The van der Waals surface area contributed by atoms with Crippen molar-refractivity contribution in [2.45, 2.75) is 23.4 Å². The number of methoxy groups -OCH3 is 1. The summed E-state index contributed by atoms with van der Waals surface area (Å²) in [4.78, 5) is 12.0. The van der Waals surface area contributed by atoms with Crippen molar-refractivity contribution in [1.82, 2.24) is 14.9 Å². The number of rotatable bonds is 2. The molecule has 1 N–H and O–H groups in total. The van der Waals surface area contributed by atoms with Crippen LogP contribution in [0.25, 0.3) is 0 Å². The summed E-state index contributed by atoms with van der Waals surface area (Å²) in [5.41, 5.74) is 4.32. The highest BCUT2D eigenvalue weighted by Crippen LogP contribution is 2.37. The third-order valence-corrected chi connectivity index (χ3v) is 4.38. The van der Waals surface area contributed by atoms with E-state index in [4.69, 9.17) is 4.74 Å². The number of nitrogens with zero attached hydrogens (tertiary/aromatic N) is 3. The molecule has 104 valence electrons. The van der Waals surface area contributed by atoms with Crippen molar-refractivity contribution in [1.29, 1.82) is 0 Å². The van der Waals surface area contributed by atoms with E-state index in [0.29, 0.717) is 5.16 Å². The molecule has 2 aromatic rings. The van der Waals surface area contributed by atoms with Crippen LogP contribution in [0.1, 0.15) is 17.4 Å². The van der Waals surface area contributed by atoms with Crippen molar-refractivity contribution in [3.63, 3.8) is 0 Å². The Morgan fingerprint density at radius 3 is 2.80 bits per heavy atom. The van der Waals surface area contributed by atoms with Gasteiger partial charge in [-0.2, -0.15) is 0 Å². The molecule has 6 nitrogen and oxygen atoms in total. The summed E-state index contributed by atoms with van der Waals surface area (Å²) in [6, 6.07) is 9.63. The van der Waals surface area contributed by atoms with Gasteiger partial charge in [0.15, 0.2) is 0 Å². The zero-order chi connectivity index (χ0) is 14.1. The van der Waals surface area contributed by atoms with Crippen LogP contribution in [0.5, 0.6) is 0 Å². The Hall–Kier alpha value is -2.02. The second kappa shape index (κ2) is 5.16. The van der Waals surface area contributed by atoms with Gasteiger partial charge in [-0.1, -0.05) is 42.1 Å². The Balaban J connectivity index is 2.01. The molecule has 0 bridgehead atoms. The van der Waals surface area contributed by atoms with Crippen LogP contribution in [0.3, 0.4) is 0 Å². The van der Waals surface area contributed by atoms with Crippen molar-refractivity contribution >= 4 is 17.7 Å². The molecule has 0 amide bonds. The maximum atomic E-state index is 12.0. The van der Waals surface area contributed by atoms with E-state index in [9.17, 15) is 4.79 Å². The number of aryl methyl sites for hydroxylation is 1. The molecule has 0 radical (unpaired) electrons. The molecule has 7 heteroatoms. The first kappa shape index (κ1) is 13.0. The van der Waals surface area contributed by atoms with E-state index in [2.05, 4.69) is 15.6 Å². The molecule has 3 rings (SSSR count). The minimum atomic E-state index is -0.390. The molecule has 1 aliphatic heterocycles. The zero-order valence-electron chi connectivity index (χ0n) is 11.1. The molecule has 2 atom stereocenters. The van der Waals surface area contributed by atoms with E-state index in [1.807, 2.05) is 41.9 Å². The lowest BCUT2D eigenvalue weighted by Gasteiger charge is -2.31. The first-order valence-electron chi connectivity index (χ1n) is 6.18. The number of hydrogen-bond donors (Lipinski definition) is 1. The number of nitrogens with one attached hydrogen (secondary N) is 1. The molecule has 1 aromatic carbocycles. The van der Waals surface area contributed by atoms with Gasteiger partial charge in [-0.05, 0) is 12.5 Å². The number of esters is 1. The van der Waals surface area contributed by atoms with Gasteiger partial charge in [-0.3, -0.25) is 4.79 Å². The Kier molecular flexibility index (Phi) is 3.35. The summed E-state index contributed by atoms with van der Waals surface area (Å²) in [6.07, 6.45) is 0. The number of fused-ring (bicyclic) bond motifs is 1. The van der Waals surface area contributed by atoms with Crippen LogP contribution in [0, 0.1) is 6.92 Å². The van der Waals surface area contributed by atoms with Gasteiger partial charge >= 0.3 is 5.97 Å². The zero-order valence-corrected chi connectivity index (χ0v) is 11.9. The standard InChI is InChI=1S/C13H14N4O2S/c1-8-14-15-13-17(8)16-10(9-6-4-3-5-7-9)11(20-13)12(18)19-2/h3-7,10-11,16H,1-2H3. The molecule has 20 heavy (non-hydrogen) atoms. The molecule has 2 unspecified atom stereocenters. The van der Waals surface area contributed by atoms with Crippen molar-refractivity contribution in [3.8, 4) is 0 Å². The lowest BCUT2D eigenvalue weighted by Crippen LogP contribution is -2.39. The summed E-state index contributed by atoms with van der Waals surface area (Å²) in [7, 11) is 1.40. The smallest absolute Gasteiger partial charge is 0.321 e. The molecule has 1 aromatic heterocycles. The Bertz CT molecular complexity index is 629. The molecule has 0 fully saturated rings. The van der Waals surface area contributed by atoms with Crippen LogP contribution in [0.2, 0.25) is 0 Å². The number of aromatic nitrogens is 3. The van der Waals surface area contributed by atoms with E-state index in [0.717, 1.165) is 11.4 Å². The normalized spacial score (nSPS) is 20.9. The Morgan fingerprint density at radius 1 is 1.35 bits per heavy atom. The van der Waals surface area contributed by atoms with Crippen LogP contribution in [0.4, 0.5) is 0 Å². The lowest BCUT2D eigenvalue weighted by molar-refractivity contribution is -0.140. The number of benzene rings is 1. The Labute approximate surface area is 120 Å². The summed E-state index contributed by atoms with van der Waals surface area (Å²) >= 11 is 1.37. The van der Waals surface area contributed by atoms with Gasteiger partial charge in [0.25, 0.3) is 0 Å². The van der Waals surface area contributed by atoms with Crippen LogP contribution < -0.4 is 5.43 Å². The first-order valence-corrected chi connectivity index (χ1v) is 7.06.